The van der Waals surface area contributed by atoms with Crippen molar-refractivity contribution in [1.82, 2.24) is 5.32 Å². The Morgan fingerprint density at radius 3 is 2.69 bits per heavy atom. The highest BCUT2D eigenvalue weighted by molar-refractivity contribution is 6.30. The Balaban J connectivity index is 1.56. The van der Waals surface area contributed by atoms with E-state index in [1.165, 1.54) is 37.4 Å². The van der Waals surface area contributed by atoms with Crippen molar-refractivity contribution in [3.05, 3.63) is 86.9 Å². The average molecular weight is 455 g/mol. The third-order valence-corrected chi connectivity index (χ3v) is 5.26. The van der Waals surface area contributed by atoms with Crippen molar-refractivity contribution in [2.45, 2.75) is 12.5 Å². The number of benzene rings is 3. The number of carbonyl (C=O) groups excluding carboxylic acids is 1. The molecule has 32 heavy (non-hydrogen) atoms. The number of hydrogen-bond donors (Lipinski definition) is 1. The zero-order valence-corrected chi connectivity index (χ0v) is 17.8. The molecule has 0 saturated heterocycles. The number of amides is 1. The highest BCUT2D eigenvalue weighted by atomic mass is 35.5. The van der Waals surface area contributed by atoms with Crippen molar-refractivity contribution in [2.24, 2.45) is 0 Å². The molecule has 4 rings (SSSR count). The number of ether oxygens (including phenoxy) is 3. The van der Waals surface area contributed by atoms with Gasteiger partial charge >= 0.3 is 5.69 Å². The first-order chi connectivity index (χ1) is 15.5. The third kappa shape index (κ3) is 4.45. The van der Waals surface area contributed by atoms with Crippen LogP contribution >= 0.6 is 11.6 Å². The van der Waals surface area contributed by atoms with Gasteiger partial charge in [-0.2, -0.15) is 0 Å². The third-order valence-electron chi connectivity index (χ3n) is 5.03. The van der Waals surface area contributed by atoms with E-state index in [-0.39, 0.29) is 39.9 Å². The molecule has 1 heterocycles. The maximum atomic E-state index is 12.9. The Kier molecular flexibility index (Phi) is 6.13. The summed E-state index contributed by atoms with van der Waals surface area (Å²) in [5, 5.41) is 14.6. The highest BCUT2D eigenvalue weighted by Crippen LogP contribution is 2.38. The van der Waals surface area contributed by atoms with Crippen molar-refractivity contribution < 1.29 is 23.9 Å². The molecule has 0 spiro atoms. The Labute approximate surface area is 188 Å². The van der Waals surface area contributed by atoms with E-state index in [1.54, 1.807) is 6.07 Å². The molecule has 9 heteroatoms. The molecule has 1 unspecified atom stereocenters. The molecular formula is C23H19ClN2O6. The topological polar surface area (TPSA) is 99.9 Å². The smallest absolute Gasteiger partial charge is 0.313 e. The van der Waals surface area contributed by atoms with Gasteiger partial charge in [0.25, 0.3) is 5.91 Å². The van der Waals surface area contributed by atoms with Gasteiger partial charge in [0.05, 0.1) is 24.7 Å². The summed E-state index contributed by atoms with van der Waals surface area (Å²) < 4.78 is 16.7. The molecule has 1 atom stereocenters. The number of nitro groups is 1. The lowest BCUT2D eigenvalue weighted by molar-refractivity contribution is -0.385. The van der Waals surface area contributed by atoms with Crippen LogP contribution in [-0.4, -0.2) is 24.5 Å². The summed E-state index contributed by atoms with van der Waals surface area (Å²) in [4.78, 5) is 23.6. The van der Waals surface area contributed by atoms with Gasteiger partial charge in [-0.15, -0.1) is 0 Å². The van der Waals surface area contributed by atoms with Gasteiger partial charge < -0.3 is 19.5 Å². The molecule has 1 aliphatic rings. The van der Waals surface area contributed by atoms with Crippen LogP contribution in [0.25, 0.3) is 0 Å². The molecule has 0 bridgehead atoms. The van der Waals surface area contributed by atoms with Gasteiger partial charge in [0, 0.05) is 28.6 Å². The second-order valence-corrected chi connectivity index (χ2v) is 7.47. The number of nitro benzene ring substituents is 1. The van der Waals surface area contributed by atoms with Gasteiger partial charge in [-0.05, 0) is 36.4 Å². The molecule has 1 N–H and O–H groups in total. The van der Waals surface area contributed by atoms with Gasteiger partial charge in [0.2, 0.25) is 5.75 Å². The lowest BCUT2D eigenvalue weighted by Gasteiger charge is -2.26. The number of para-hydroxylation sites is 1. The van der Waals surface area contributed by atoms with Crippen LogP contribution in [0.2, 0.25) is 5.02 Å². The summed E-state index contributed by atoms with van der Waals surface area (Å²) >= 11 is 5.85. The molecule has 3 aromatic rings. The van der Waals surface area contributed by atoms with Gasteiger partial charge in [-0.25, -0.2) is 0 Å². The van der Waals surface area contributed by atoms with E-state index in [2.05, 4.69) is 5.32 Å². The van der Waals surface area contributed by atoms with E-state index >= 15 is 0 Å². The number of methoxy groups -OCH3 is 1. The summed E-state index contributed by atoms with van der Waals surface area (Å²) in [6.07, 6.45) is 0.654. The van der Waals surface area contributed by atoms with E-state index in [4.69, 9.17) is 25.8 Å². The van der Waals surface area contributed by atoms with Crippen molar-refractivity contribution in [3.8, 4) is 23.0 Å². The summed E-state index contributed by atoms with van der Waals surface area (Å²) in [6, 6.07) is 16.1. The number of carbonyl (C=O) groups is 1. The predicted molar refractivity (Wildman–Crippen MR) is 118 cm³/mol. The predicted octanol–water partition coefficient (Wildman–Crippen LogP) is 5.30. The number of nitrogens with one attached hydrogen (secondary N) is 1. The molecule has 1 aliphatic heterocycles. The van der Waals surface area contributed by atoms with Gasteiger partial charge in [0.15, 0.2) is 11.5 Å². The van der Waals surface area contributed by atoms with E-state index in [0.717, 1.165) is 11.3 Å². The van der Waals surface area contributed by atoms with Gasteiger partial charge in [-0.1, -0.05) is 29.8 Å². The molecule has 8 nitrogen and oxygen atoms in total. The largest absolute Gasteiger partial charge is 0.493 e. The Morgan fingerprint density at radius 2 is 1.91 bits per heavy atom. The molecule has 164 valence electrons. The lowest BCUT2D eigenvalue weighted by atomic mass is 10.00. The number of nitrogens with zero attached hydrogens (tertiary/aromatic N) is 1. The first-order valence-electron chi connectivity index (χ1n) is 9.78. The van der Waals surface area contributed by atoms with Crippen molar-refractivity contribution in [1.29, 1.82) is 0 Å². The first kappa shape index (κ1) is 21.5. The monoisotopic (exact) mass is 454 g/mol. The molecule has 0 radical (unpaired) electrons. The van der Waals surface area contributed by atoms with Crippen LogP contribution in [0.4, 0.5) is 5.69 Å². The van der Waals surface area contributed by atoms with E-state index in [1.807, 2.05) is 24.3 Å². The lowest BCUT2D eigenvalue weighted by Crippen LogP contribution is -2.32. The minimum Gasteiger partial charge on any atom is -0.493 e. The van der Waals surface area contributed by atoms with Crippen molar-refractivity contribution >= 4 is 23.2 Å². The maximum Gasteiger partial charge on any atom is 0.313 e. The Morgan fingerprint density at radius 1 is 1.12 bits per heavy atom. The minimum atomic E-state index is -0.582. The molecule has 0 aliphatic carbocycles. The van der Waals surface area contributed by atoms with Crippen LogP contribution in [0.1, 0.15) is 28.4 Å². The zero-order chi connectivity index (χ0) is 22.7. The van der Waals surface area contributed by atoms with Crippen LogP contribution < -0.4 is 19.5 Å². The van der Waals surface area contributed by atoms with E-state index in [9.17, 15) is 14.9 Å². The SMILES string of the molecule is COc1cc(C(=O)NC2CCOc3ccccc32)ccc1Oc1ccc(Cl)cc1[N+](=O)[O-]. The molecule has 1 amide bonds. The summed E-state index contributed by atoms with van der Waals surface area (Å²) in [7, 11) is 1.43. The molecule has 0 fully saturated rings. The van der Waals surface area contributed by atoms with Gasteiger partial charge in [-0.3, -0.25) is 14.9 Å². The number of rotatable bonds is 6. The Bertz CT molecular complexity index is 1180. The van der Waals surface area contributed by atoms with Crippen molar-refractivity contribution in [3.63, 3.8) is 0 Å². The average Bonchev–Trinajstić information content (AvgIpc) is 2.80. The number of hydrogen-bond acceptors (Lipinski definition) is 6. The van der Waals surface area contributed by atoms with E-state index < -0.39 is 4.92 Å². The van der Waals surface area contributed by atoms with Crippen LogP contribution in [0.3, 0.4) is 0 Å². The summed E-state index contributed by atoms with van der Waals surface area (Å²) in [5.41, 5.74) is 1.01. The standard InChI is InChI=1S/C23H19ClN2O6/c1-30-22-12-14(23(27)25-17-10-11-31-19-5-3-2-4-16(17)19)6-8-21(22)32-20-9-7-15(24)13-18(20)26(28)29/h2-9,12-13,17H,10-11H2,1H3,(H,25,27). The van der Waals surface area contributed by atoms with Crippen LogP contribution in [0, 0.1) is 10.1 Å². The summed E-state index contributed by atoms with van der Waals surface area (Å²) in [5.74, 6) is 0.970. The van der Waals surface area contributed by atoms with Crippen molar-refractivity contribution in [2.75, 3.05) is 13.7 Å². The second kappa shape index (κ2) is 9.15. The Hall–Kier alpha value is -3.78. The molecule has 0 aromatic heterocycles. The number of halogens is 1. The zero-order valence-electron chi connectivity index (χ0n) is 17.0. The number of fused-ring (bicyclic) bond motifs is 1. The molecule has 3 aromatic carbocycles. The second-order valence-electron chi connectivity index (χ2n) is 7.04. The minimum absolute atomic E-state index is 0.00807. The highest BCUT2D eigenvalue weighted by Gasteiger charge is 2.24. The normalized spacial score (nSPS) is 14.6. The quantitative estimate of drug-likeness (QED) is 0.400. The fourth-order valence-electron chi connectivity index (χ4n) is 3.46. The van der Waals surface area contributed by atoms with Gasteiger partial charge in [0.1, 0.15) is 5.75 Å². The fourth-order valence-corrected chi connectivity index (χ4v) is 3.63. The van der Waals surface area contributed by atoms with Crippen LogP contribution in [-0.2, 0) is 0 Å². The maximum absolute atomic E-state index is 12.9. The molecular weight excluding hydrogens is 436 g/mol. The molecule has 0 saturated carbocycles. The summed E-state index contributed by atoms with van der Waals surface area (Å²) in [6.45, 7) is 0.512. The first-order valence-corrected chi connectivity index (χ1v) is 10.2. The van der Waals surface area contributed by atoms with Crippen LogP contribution in [0.5, 0.6) is 23.0 Å². The van der Waals surface area contributed by atoms with Crippen LogP contribution in [0.15, 0.2) is 60.7 Å². The van der Waals surface area contributed by atoms with E-state index in [0.29, 0.717) is 18.6 Å². The fraction of sp³-hybridized carbons (Fsp3) is 0.174.